The van der Waals surface area contributed by atoms with Crippen LogP contribution in [0.4, 0.5) is 4.39 Å². The molecule has 5 rings (SSSR count). The van der Waals surface area contributed by atoms with Gasteiger partial charge in [0.1, 0.15) is 17.1 Å². The molecule has 0 aliphatic rings. The van der Waals surface area contributed by atoms with E-state index in [-0.39, 0.29) is 12.4 Å². The summed E-state index contributed by atoms with van der Waals surface area (Å²) in [5.74, 6) is 0.162. The highest BCUT2D eigenvalue weighted by atomic mass is 19.1. The molecule has 0 bridgehead atoms. The van der Waals surface area contributed by atoms with E-state index in [0.717, 1.165) is 33.6 Å². The number of ether oxygens (including phenoxy) is 1. The summed E-state index contributed by atoms with van der Waals surface area (Å²) in [6.45, 7) is 2.19. The zero-order valence-corrected chi connectivity index (χ0v) is 16.3. The molecule has 0 saturated carbocycles. The summed E-state index contributed by atoms with van der Waals surface area (Å²) in [5.41, 5.74) is 6.14. The third-order valence-corrected chi connectivity index (χ3v) is 5.05. The van der Waals surface area contributed by atoms with Crippen molar-refractivity contribution >= 4 is 11.2 Å². The Bertz CT molecular complexity index is 1350. The second-order valence-electron chi connectivity index (χ2n) is 6.91. The molecular weight excluding hydrogens is 385 g/mol. The molecule has 4 aromatic heterocycles. The van der Waals surface area contributed by atoms with Gasteiger partial charge in [0.2, 0.25) is 0 Å². The van der Waals surface area contributed by atoms with Gasteiger partial charge in [0, 0.05) is 34.8 Å². The monoisotopic (exact) mass is 403 g/mol. The highest BCUT2D eigenvalue weighted by Gasteiger charge is 2.15. The van der Waals surface area contributed by atoms with E-state index in [1.54, 1.807) is 35.4 Å². The predicted molar refractivity (Wildman–Crippen MR) is 109 cm³/mol. The third-order valence-electron chi connectivity index (χ3n) is 5.05. The first kappa shape index (κ1) is 18.0. The van der Waals surface area contributed by atoms with Crippen molar-refractivity contribution in [3.05, 3.63) is 66.3 Å². The van der Waals surface area contributed by atoms with Crippen molar-refractivity contribution in [3.63, 3.8) is 0 Å². The molecule has 0 amide bonds. The van der Waals surface area contributed by atoms with Gasteiger partial charge in [-0.15, -0.1) is 0 Å². The zero-order valence-electron chi connectivity index (χ0n) is 16.3. The van der Waals surface area contributed by atoms with E-state index in [4.69, 9.17) is 9.72 Å². The van der Waals surface area contributed by atoms with Crippen LogP contribution in [0.5, 0.6) is 5.75 Å². The number of nitrogens with one attached hydrogen (secondary N) is 2. The smallest absolute Gasteiger partial charge is 0.156 e. The molecule has 0 aliphatic heterocycles. The second-order valence-corrected chi connectivity index (χ2v) is 6.91. The minimum absolute atomic E-state index is 0.253. The molecular formula is C21H18FN7O. The van der Waals surface area contributed by atoms with E-state index in [1.165, 1.54) is 13.2 Å². The molecule has 9 heteroatoms. The van der Waals surface area contributed by atoms with Gasteiger partial charge < -0.3 is 9.72 Å². The molecule has 1 aromatic carbocycles. The Balaban J connectivity index is 1.52. The van der Waals surface area contributed by atoms with Gasteiger partial charge in [0.25, 0.3) is 0 Å². The van der Waals surface area contributed by atoms with Gasteiger partial charge >= 0.3 is 0 Å². The van der Waals surface area contributed by atoms with Crippen LogP contribution in [-0.2, 0) is 6.54 Å². The number of H-pyrrole nitrogens is 2. The summed E-state index contributed by atoms with van der Waals surface area (Å²) in [6.07, 6.45) is 8.88. The van der Waals surface area contributed by atoms with Gasteiger partial charge in [0.15, 0.2) is 5.65 Å². The lowest BCUT2D eigenvalue weighted by Gasteiger charge is -2.09. The van der Waals surface area contributed by atoms with Crippen molar-refractivity contribution in [1.82, 2.24) is 34.9 Å². The van der Waals surface area contributed by atoms with Crippen LogP contribution in [0.25, 0.3) is 33.5 Å². The van der Waals surface area contributed by atoms with Crippen molar-refractivity contribution in [1.29, 1.82) is 0 Å². The number of benzene rings is 1. The molecule has 0 radical (unpaired) electrons. The molecule has 0 spiro atoms. The maximum atomic E-state index is 14.3. The Kier molecular flexibility index (Phi) is 4.27. The maximum Gasteiger partial charge on any atom is 0.156 e. The number of hydrogen-bond acceptors (Lipinski definition) is 5. The van der Waals surface area contributed by atoms with E-state index < -0.39 is 0 Å². The number of nitrogens with zero attached hydrogens (tertiary/aromatic N) is 5. The topological polar surface area (TPSA) is 97.3 Å². The summed E-state index contributed by atoms with van der Waals surface area (Å²) in [6, 6.07) is 4.77. The van der Waals surface area contributed by atoms with Gasteiger partial charge in [-0.2, -0.15) is 10.2 Å². The quantitative estimate of drug-likeness (QED) is 0.466. The Hall–Kier alpha value is -4.01. The van der Waals surface area contributed by atoms with E-state index >= 15 is 0 Å². The lowest BCUT2D eigenvalue weighted by molar-refractivity contribution is 0.401. The Morgan fingerprint density at radius 2 is 2.07 bits per heavy atom. The average Bonchev–Trinajstić information content (AvgIpc) is 3.48. The fraction of sp³-hybridized carbons (Fsp3) is 0.143. The van der Waals surface area contributed by atoms with Crippen molar-refractivity contribution in [2.45, 2.75) is 13.5 Å². The number of hydrogen-bond donors (Lipinski definition) is 2. The van der Waals surface area contributed by atoms with Gasteiger partial charge in [-0.25, -0.2) is 14.4 Å². The van der Waals surface area contributed by atoms with Gasteiger partial charge in [0.05, 0.1) is 43.5 Å². The van der Waals surface area contributed by atoms with Crippen molar-refractivity contribution < 1.29 is 9.13 Å². The molecule has 150 valence electrons. The molecule has 2 N–H and O–H groups in total. The van der Waals surface area contributed by atoms with E-state index in [2.05, 4.69) is 25.3 Å². The van der Waals surface area contributed by atoms with Crippen molar-refractivity contribution in [3.8, 4) is 28.1 Å². The minimum Gasteiger partial charge on any atom is -0.496 e. The van der Waals surface area contributed by atoms with Crippen LogP contribution >= 0.6 is 0 Å². The first-order valence-corrected chi connectivity index (χ1v) is 9.32. The predicted octanol–water partition coefficient (Wildman–Crippen LogP) is 3.72. The standard InChI is InChI=1S/C21H18FN7O/c1-12-14(8-25-28-12)18-9-24-21-20(27-18)15(7-23-21)13-6-26-29(10-13)11-16-17(22)4-3-5-19(16)30-2/h3-10H,11H2,1-2H3,(H,23,24)(H,25,28). The second kappa shape index (κ2) is 7.11. The third kappa shape index (κ3) is 3.00. The van der Waals surface area contributed by atoms with E-state index in [1.807, 2.05) is 19.3 Å². The number of rotatable bonds is 5. The lowest BCUT2D eigenvalue weighted by atomic mass is 10.1. The summed E-state index contributed by atoms with van der Waals surface area (Å²) < 4.78 is 21.2. The highest BCUT2D eigenvalue weighted by molar-refractivity contribution is 5.91. The van der Waals surface area contributed by atoms with Crippen LogP contribution in [0.3, 0.4) is 0 Å². The first-order valence-electron chi connectivity index (χ1n) is 9.32. The van der Waals surface area contributed by atoms with Gasteiger partial charge in [-0.05, 0) is 19.1 Å². The summed E-state index contributed by atoms with van der Waals surface area (Å²) in [5, 5.41) is 11.4. The number of halogens is 1. The fourth-order valence-corrected chi connectivity index (χ4v) is 3.48. The molecule has 8 nitrogen and oxygen atoms in total. The zero-order chi connectivity index (χ0) is 20.7. The minimum atomic E-state index is -0.329. The number of aryl methyl sites for hydroxylation is 1. The Morgan fingerprint density at radius 1 is 1.17 bits per heavy atom. The molecule has 0 unspecified atom stereocenters. The van der Waals surface area contributed by atoms with Crippen LogP contribution in [0.1, 0.15) is 11.3 Å². The molecule has 30 heavy (non-hydrogen) atoms. The highest BCUT2D eigenvalue weighted by Crippen LogP contribution is 2.29. The van der Waals surface area contributed by atoms with Crippen LogP contribution in [0, 0.1) is 12.7 Å². The number of aromatic nitrogens is 7. The van der Waals surface area contributed by atoms with Crippen LogP contribution in [0.2, 0.25) is 0 Å². The van der Waals surface area contributed by atoms with Gasteiger partial charge in [-0.1, -0.05) is 6.07 Å². The van der Waals surface area contributed by atoms with Crippen molar-refractivity contribution in [2.75, 3.05) is 7.11 Å². The largest absolute Gasteiger partial charge is 0.496 e. The van der Waals surface area contributed by atoms with Crippen LogP contribution in [-0.4, -0.2) is 42.0 Å². The SMILES string of the molecule is COc1cccc(F)c1Cn1cc(-c2c[nH]c3ncc(-c4cn[nH]c4C)nc23)cn1. The van der Waals surface area contributed by atoms with E-state index in [9.17, 15) is 4.39 Å². The molecule has 0 atom stereocenters. The normalized spacial score (nSPS) is 11.3. The van der Waals surface area contributed by atoms with Crippen molar-refractivity contribution in [2.24, 2.45) is 0 Å². The Labute approximate surface area is 170 Å². The van der Waals surface area contributed by atoms with Crippen LogP contribution in [0.15, 0.2) is 49.2 Å². The molecule has 0 saturated heterocycles. The van der Waals surface area contributed by atoms with E-state index in [0.29, 0.717) is 17.0 Å². The fourth-order valence-electron chi connectivity index (χ4n) is 3.48. The summed E-state index contributed by atoms with van der Waals surface area (Å²) in [4.78, 5) is 12.4. The summed E-state index contributed by atoms with van der Waals surface area (Å²) >= 11 is 0. The molecule has 5 aromatic rings. The number of aromatic amines is 2. The molecule has 4 heterocycles. The molecule has 0 fully saturated rings. The maximum absolute atomic E-state index is 14.3. The first-order chi connectivity index (χ1) is 14.6. The average molecular weight is 403 g/mol. The van der Waals surface area contributed by atoms with Gasteiger partial charge in [-0.3, -0.25) is 9.78 Å². The Morgan fingerprint density at radius 3 is 2.87 bits per heavy atom. The summed E-state index contributed by atoms with van der Waals surface area (Å²) in [7, 11) is 1.52. The van der Waals surface area contributed by atoms with Crippen LogP contribution < -0.4 is 4.74 Å². The lowest BCUT2D eigenvalue weighted by Crippen LogP contribution is -2.04. The number of fused-ring (bicyclic) bond motifs is 1. The number of methoxy groups -OCH3 is 1. The molecule has 0 aliphatic carbocycles.